The molecule has 2 rings (SSSR count). The van der Waals surface area contributed by atoms with E-state index in [1.165, 1.54) is 6.07 Å². The number of benzene rings is 2. The van der Waals surface area contributed by atoms with E-state index in [-0.39, 0.29) is 30.9 Å². The van der Waals surface area contributed by atoms with Crippen LogP contribution < -0.4 is 5.32 Å². The molecular weight excluding hydrogens is 316 g/mol. The number of aliphatic hydroxyl groups excluding tert-OH is 1. The summed E-state index contributed by atoms with van der Waals surface area (Å²) in [5, 5.41) is 11.5. The Morgan fingerprint density at radius 1 is 0.958 bits per heavy atom. The predicted molar refractivity (Wildman–Crippen MR) is 85.8 cm³/mol. The van der Waals surface area contributed by atoms with Crippen molar-refractivity contribution in [3.05, 3.63) is 65.2 Å². The van der Waals surface area contributed by atoms with Crippen LogP contribution >= 0.6 is 0 Å². The van der Waals surface area contributed by atoms with Crippen molar-refractivity contribution in [1.82, 2.24) is 0 Å². The number of rotatable bonds is 7. The summed E-state index contributed by atoms with van der Waals surface area (Å²) in [6.45, 7) is 0.0534. The summed E-state index contributed by atoms with van der Waals surface area (Å²) in [5.41, 5.74) is 1.57. The number of amides is 1. The zero-order valence-electron chi connectivity index (χ0n) is 12.9. The fourth-order valence-electron chi connectivity index (χ4n) is 2.15. The third-order valence-corrected chi connectivity index (χ3v) is 3.46. The third-order valence-electron chi connectivity index (χ3n) is 3.46. The van der Waals surface area contributed by atoms with Crippen LogP contribution in [0.2, 0.25) is 0 Å². The number of ketones is 1. The van der Waals surface area contributed by atoms with Crippen LogP contribution in [0.5, 0.6) is 0 Å². The molecule has 2 aromatic rings. The molecule has 126 valence electrons. The summed E-state index contributed by atoms with van der Waals surface area (Å²) >= 11 is 0. The molecule has 0 spiro atoms. The molecule has 0 saturated heterocycles. The fraction of sp³-hybridized carbons (Fsp3) is 0.222. The van der Waals surface area contributed by atoms with Crippen LogP contribution in [-0.2, 0) is 11.2 Å². The second-order valence-corrected chi connectivity index (χ2v) is 5.27. The maximum absolute atomic E-state index is 13.1. The quantitative estimate of drug-likeness (QED) is 0.765. The zero-order chi connectivity index (χ0) is 17.5. The van der Waals surface area contributed by atoms with Gasteiger partial charge in [-0.15, -0.1) is 0 Å². The number of anilines is 1. The van der Waals surface area contributed by atoms with Gasteiger partial charge in [0.2, 0.25) is 5.91 Å². The Labute approximate surface area is 138 Å². The smallest absolute Gasteiger partial charge is 0.224 e. The number of hydrogen-bond acceptors (Lipinski definition) is 3. The number of nitrogens with one attached hydrogen (secondary N) is 1. The van der Waals surface area contributed by atoms with Gasteiger partial charge in [0.15, 0.2) is 17.4 Å². The van der Waals surface area contributed by atoms with Crippen molar-refractivity contribution in [3.63, 3.8) is 0 Å². The van der Waals surface area contributed by atoms with Gasteiger partial charge >= 0.3 is 0 Å². The molecule has 1 amide bonds. The average Bonchev–Trinajstić information content (AvgIpc) is 2.57. The lowest BCUT2D eigenvalue weighted by atomic mass is 10.1. The lowest BCUT2D eigenvalue weighted by molar-refractivity contribution is -0.116. The number of Topliss-reactive ketones (excluding diaryl/α,β-unsaturated/α-hetero) is 1. The first-order chi connectivity index (χ1) is 11.5. The molecule has 2 N–H and O–H groups in total. The second-order valence-electron chi connectivity index (χ2n) is 5.27. The van der Waals surface area contributed by atoms with Gasteiger partial charge in [0.1, 0.15) is 0 Å². The molecule has 0 aliphatic heterocycles. The Bertz CT molecular complexity index is 730. The highest BCUT2D eigenvalue weighted by Gasteiger charge is 2.12. The summed E-state index contributed by atoms with van der Waals surface area (Å²) in [6.07, 6.45) is 0.382. The Balaban J connectivity index is 1.86. The van der Waals surface area contributed by atoms with E-state index in [0.717, 1.165) is 17.7 Å². The third kappa shape index (κ3) is 4.96. The standard InChI is InChI=1S/C18H17F2NO3/c19-15-6-3-13(11-16(15)20)17(23)7-8-18(24)21-14-4-1-12(2-5-14)9-10-22/h1-6,11,22H,7-10H2,(H,21,24). The van der Waals surface area contributed by atoms with Crippen LogP contribution in [0.25, 0.3) is 0 Å². The Kier molecular flexibility index (Phi) is 6.14. The Hall–Kier alpha value is -2.60. The van der Waals surface area contributed by atoms with Crippen LogP contribution in [-0.4, -0.2) is 23.4 Å². The van der Waals surface area contributed by atoms with Gasteiger partial charge in [-0.25, -0.2) is 8.78 Å². The monoisotopic (exact) mass is 333 g/mol. The molecule has 0 aliphatic carbocycles. The first-order valence-corrected chi connectivity index (χ1v) is 7.47. The summed E-state index contributed by atoms with van der Waals surface area (Å²) < 4.78 is 25.9. The van der Waals surface area contributed by atoms with Crippen molar-refractivity contribution < 1.29 is 23.5 Å². The van der Waals surface area contributed by atoms with Crippen LogP contribution in [0.4, 0.5) is 14.5 Å². The van der Waals surface area contributed by atoms with Crippen molar-refractivity contribution in [2.75, 3.05) is 11.9 Å². The minimum Gasteiger partial charge on any atom is -0.396 e. The van der Waals surface area contributed by atoms with E-state index >= 15 is 0 Å². The molecule has 0 fully saturated rings. The SMILES string of the molecule is O=C(CCC(=O)c1ccc(F)c(F)c1)Nc1ccc(CCO)cc1. The Morgan fingerprint density at radius 3 is 2.29 bits per heavy atom. The van der Waals surface area contributed by atoms with Gasteiger partial charge in [0.25, 0.3) is 0 Å². The molecule has 4 nitrogen and oxygen atoms in total. The molecule has 0 heterocycles. The normalized spacial score (nSPS) is 10.5. The Morgan fingerprint density at radius 2 is 1.67 bits per heavy atom. The number of halogens is 2. The molecule has 2 aromatic carbocycles. The van der Waals surface area contributed by atoms with Gasteiger partial charge in [0, 0.05) is 30.7 Å². The lowest BCUT2D eigenvalue weighted by Crippen LogP contribution is -2.13. The molecular formula is C18H17F2NO3. The van der Waals surface area contributed by atoms with Gasteiger partial charge in [-0.3, -0.25) is 9.59 Å². The number of carbonyl (C=O) groups is 2. The first kappa shape index (κ1) is 17.7. The molecule has 0 bridgehead atoms. The molecule has 0 atom stereocenters. The number of carbonyl (C=O) groups excluding carboxylic acids is 2. The van der Waals surface area contributed by atoms with E-state index in [9.17, 15) is 18.4 Å². The van der Waals surface area contributed by atoms with E-state index in [1.54, 1.807) is 24.3 Å². The maximum atomic E-state index is 13.1. The molecule has 0 unspecified atom stereocenters. The van der Waals surface area contributed by atoms with Crippen molar-refractivity contribution >= 4 is 17.4 Å². The van der Waals surface area contributed by atoms with E-state index in [1.807, 2.05) is 0 Å². The minimum absolute atomic E-state index is 0.0371. The van der Waals surface area contributed by atoms with E-state index in [2.05, 4.69) is 5.32 Å². The molecule has 24 heavy (non-hydrogen) atoms. The van der Waals surface area contributed by atoms with Crippen LogP contribution in [0.15, 0.2) is 42.5 Å². The largest absolute Gasteiger partial charge is 0.396 e. The number of hydrogen-bond donors (Lipinski definition) is 2. The summed E-state index contributed by atoms with van der Waals surface area (Å²) in [6, 6.07) is 9.90. The fourth-order valence-corrected chi connectivity index (χ4v) is 2.15. The molecule has 0 aliphatic rings. The van der Waals surface area contributed by atoms with E-state index < -0.39 is 17.4 Å². The topological polar surface area (TPSA) is 66.4 Å². The second kappa shape index (κ2) is 8.31. The van der Waals surface area contributed by atoms with Gasteiger partial charge in [0.05, 0.1) is 0 Å². The highest BCUT2D eigenvalue weighted by molar-refractivity contribution is 6.00. The molecule has 0 saturated carbocycles. The van der Waals surface area contributed by atoms with Crippen molar-refractivity contribution in [2.45, 2.75) is 19.3 Å². The van der Waals surface area contributed by atoms with Crippen LogP contribution in [0.3, 0.4) is 0 Å². The highest BCUT2D eigenvalue weighted by Crippen LogP contribution is 2.13. The molecule has 6 heteroatoms. The average molecular weight is 333 g/mol. The minimum atomic E-state index is -1.09. The van der Waals surface area contributed by atoms with Gasteiger partial charge in [-0.1, -0.05) is 12.1 Å². The van der Waals surface area contributed by atoms with Crippen molar-refractivity contribution in [1.29, 1.82) is 0 Å². The van der Waals surface area contributed by atoms with Crippen molar-refractivity contribution in [3.8, 4) is 0 Å². The van der Waals surface area contributed by atoms with Crippen LogP contribution in [0, 0.1) is 11.6 Å². The number of aliphatic hydroxyl groups is 1. The predicted octanol–water partition coefficient (Wildman–Crippen LogP) is 3.10. The van der Waals surface area contributed by atoms with Gasteiger partial charge in [-0.2, -0.15) is 0 Å². The summed E-state index contributed by atoms with van der Waals surface area (Å²) in [4.78, 5) is 23.7. The van der Waals surface area contributed by atoms with Crippen LogP contribution in [0.1, 0.15) is 28.8 Å². The summed E-state index contributed by atoms with van der Waals surface area (Å²) in [7, 11) is 0. The maximum Gasteiger partial charge on any atom is 0.224 e. The van der Waals surface area contributed by atoms with Gasteiger partial charge < -0.3 is 10.4 Å². The highest BCUT2D eigenvalue weighted by atomic mass is 19.2. The van der Waals surface area contributed by atoms with E-state index in [0.29, 0.717) is 12.1 Å². The lowest BCUT2D eigenvalue weighted by Gasteiger charge is -2.06. The summed E-state index contributed by atoms with van der Waals surface area (Å²) in [5.74, 6) is -2.88. The van der Waals surface area contributed by atoms with Gasteiger partial charge in [-0.05, 0) is 42.3 Å². The van der Waals surface area contributed by atoms with E-state index in [4.69, 9.17) is 5.11 Å². The first-order valence-electron chi connectivity index (χ1n) is 7.47. The zero-order valence-corrected chi connectivity index (χ0v) is 12.9. The molecule has 0 aromatic heterocycles. The van der Waals surface area contributed by atoms with Crippen molar-refractivity contribution in [2.24, 2.45) is 0 Å². The molecule has 0 radical (unpaired) electrons.